The van der Waals surface area contributed by atoms with Crippen molar-refractivity contribution < 1.29 is 27.5 Å². The summed E-state index contributed by atoms with van der Waals surface area (Å²) in [5.41, 5.74) is 0.755. The van der Waals surface area contributed by atoms with Gasteiger partial charge in [-0.25, -0.2) is 4.79 Å². The molecular weight excluding hydrogens is 419 g/mol. The van der Waals surface area contributed by atoms with Crippen LogP contribution < -0.4 is 0 Å². The average Bonchev–Trinajstić information content (AvgIpc) is 2.76. The number of carbonyl (C=O) groups is 2. The van der Waals surface area contributed by atoms with Gasteiger partial charge in [0, 0.05) is 23.6 Å². The fourth-order valence-electron chi connectivity index (χ4n) is 4.97. The number of benzene rings is 2. The largest absolute Gasteiger partial charge is 0.445 e. The van der Waals surface area contributed by atoms with Gasteiger partial charge in [0.15, 0.2) is 5.78 Å². The van der Waals surface area contributed by atoms with Crippen molar-refractivity contribution >= 4 is 11.9 Å². The van der Waals surface area contributed by atoms with E-state index >= 15 is 0 Å². The molecule has 2 aromatic rings. The molecule has 0 N–H and O–H groups in total. The number of amides is 1. The third-order valence-electron chi connectivity index (χ3n) is 6.59. The second-order valence-corrected chi connectivity index (χ2v) is 8.75. The second kappa shape index (κ2) is 8.96. The summed E-state index contributed by atoms with van der Waals surface area (Å²) in [6.07, 6.45) is -1.49. The Morgan fingerprint density at radius 1 is 1.03 bits per heavy atom. The number of carbonyl (C=O) groups excluding carboxylic acids is 2. The van der Waals surface area contributed by atoms with E-state index in [2.05, 4.69) is 0 Å². The molecule has 0 aliphatic carbocycles. The summed E-state index contributed by atoms with van der Waals surface area (Å²) in [5, 5.41) is 0. The maximum Gasteiger partial charge on any atom is 0.416 e. The lowest BCUT2D eigenvalue weighted by molar-refractivity contribution is -0.137. The van der Waals surface area contributed by atoms with Crippen LogP contribution in [0.15, 0.2) is 48.5 Å². The van der Waals surface area contributed by atoms with Gasteiger partial charge in [-0.05, 0) is 62.3 Å². The van der Waals surface area contributed by atoms with Gasteiger partial charge in [-0.3, -0.25) is 4.79 Å². The molecule has 0 saturated carbocycles. The van der Waals surface area contributed by atoms with Crippen molar-refractivity contribution in [1.82, 2.24) is 4.90 Å². The standard InChI is InChI=1S/C25H26F3NO3/c1-16-10-11-19(25(26,27)28)14-22(16)23(30)18-12-20-8-5-9-21(13-18)29(20)24(31)32-15-17-6-3-2-4-7-17/h2-4,6-7,10-11,14,18,20-21H,5,8-9,12-13,15H2,1H3. The number of fused-ring (bicyclic) bond motifs is 2. The van der Waals surface area contributed by atoms with Crippen LogP contribution in [0.25, 0.3) is 0 Å². The highest BCUT2D eigenvalue weighted by Gasteiger charge is 2.44. The van der Waals surface area contributed by atoms with Crippen molar-refractivity contribution in [1.29, 1.82) is 0 Å². The molecule has 2 fully saturated rings. The lowest BCUT2D eigenvalue weighted by atomic mass is 9.75. The Hall–Kier alpha value is -2.83. The zero-order valence-corrected chi connectivity index (χ0v) is 17.9. The van der Waals surface area contributed by atoms with Crippen LogP contribution in [-0.4, -0.2) is 28.9 Å². The Morgan fingerprint density at radius 3 is 2.31 bits per heavy atom. The number of Topliss-reactive ketones (excluding diaryl/α,β-unsaturated/α-hetero) is 1. The van der Waals surface area contributed by atoms with E-state index in [-0.39, 0.29) is 36.1 Å². The van der Waals surface area contributed by atoms with Gasteiger partial charge in [-0.2, -0.15) is 13.2 Å². The number of aryl methyl sites for hydroxylation is 1. The molecule has 2 bridgehead atoms. The van der Waals surface area contributed by atoms with Crippen molar-refractivity contribution in [2.45, 2.75) is 63.9 Å². The van der Waals surface area contributed by atoms with Gasteiger partial charge in [0.1, 0.15) is 6.61 Å². The van der Waals surface area contributed by atoms with E-state index < -0.39 is 17.7 Å². The van der Waals surface area contributed by atoms with Gasteiger partial charge < -0.3 is 9.64 Å². The molecule has 2 atom stereocenters. The molecule has 32 heavy (non-hydrogen) atoms. The van der Waals surface area contributed by atoms with Crippen LogP contribution in [-0.2, 0) is 17.5 Å². The summed E-state index contributed by atoms with van der Waals surface area (Å²) in [6.45, 7) is 1.84. The third-order valence-corrected chi connectivity index (χ3v) is 6.59. The van der Waals surface area contributed by atoms with E-state index in [1.165, 1.54) is 6.07 Å². The Kier molecular flexibility index (Phi) is 6.26. The molecule has 2 aromatic carbocycles. The minimum absolute atomic E-state index is 0.128. The minimum Gasteiger partial charge on any atom is -0.445 e. The van der Waals surface area contributed by atoms with E-state index in [1.54, 1.807) is 11.8 Å². The van der Waals surface area contributed by atoms with Crippen LogP contribution in [0.3, 0.4) is 0 Å². The predicted molar refractivity (Wildman–Crippen MR) is 113 cm³/mol. The molecule has 4 nitrogen and oxygen atoms in total. The monoisotopic (exact) mass is 445 g/mol. The Labute approximate surface area is 185 Å². The lowest BCUT2D eigenvalue weighted by Gasteiger charge is -2.47. The molecule has 170 valence electrons. The highest BCUT2D eigenvalue weighted by molar-refractivity contribution is 5.99. The van der Waals surface area contributed by atoms with E-state index in [0.717, 1.165) is 37.0 Å². The van der Waals surface area contributed by atoms with Crippen LogP contribution in [0.5, 0.6) is 0 Å². The average molecular weight is 445 g/mol. The van der Waals surface area contributed by atoms with Gasteiger partial charge in [0.2, 0.25) is 0 Å². The van der Waals surface area contributed by atoms with Gasteiger partial charge in [-0.15, -0.1) is 0 Å². The fraction of sp³-hybridized carbons (Fsp3) is 0.440. The first-order chi connectivity index (χ1) is 15.2. The quantitative estimate of drug-likeness (QED) is 0.529. The molecule has 2 saturated heterocycles. The van der Waals surface area contributed by atoms with Gasteiger partial charge in [-0.1, -0.05) is 36.4 Å². The molecule has 0 radical (unpaired) electrons. The van der Waals surface area contributed by atoms with E-state index in [1.807, 2.05) is 30.3 Å². The van der Waals surface area contributed by atoms with Crippen molar-refractivity contribution in [3.05, 3.63) is 70.8 Å². The number of rotatable bonds is 4. The van der Waals surface area contributed by atoms with E-state index in [0.29, 0.717) is 18.4 Å². The predicted octanol–water partition coefficient (Wildman–Crippen LogP) is 6.17. The summed E-state index contributed by atoms with van der Waals surface area (Å²) < 4.78 is 45.0. The molecule has 0 spiro atoms. The van der Waals surface area contributed by atoms with Crippen molar-refractivity contribution in [2.24, 2.45) is 5.92 Å². The number of nitrogens with zero attached hydrogens (tertiary/aromatic N) is 1. The van der Waals surface area contributed by atoms with Gasteiger partial charge in [0.25, 0.3) is 0 Å². The Bertz CT molecular complexity index is 976. The number of hydrogen-bond acceptors (Lipinski definition) is 3. The lowest BCUT2D eigenvalue weighted by Crippen LogP contribution is -2.55. The summed E-state index contributed by atoms with van der Waals surface area (Å²) in [7, 11) is 0. The molecule has 0 aromatic heterocycles. The van der Waals surface area contributed by atoms with E-state index in [9.17, 15) is 22.8 Å². The Morgan fingerprint density at radius 2 is 1.69 bits per heavy atom. The van der Waals surface area contributed by atoms with Crippen molar-refractivity contribution in [3.63, 3.8) is 0 Å². The van der Waals surface area contributed by atoms with Crippen LogP contribution in [0, 0.1) is 12.8 Å². The zero-order valence-electron chi connectivity index (χ0n) is 17.9. The van der Waals surface area contributed by atoms with Gasteiger partial charge >= 0.3 is 12.3 Å². The molecule has 1 amide bonds. The molecular formula is C25H26F3NO3. The molecule has 2 aliphatic rings. The van der Waals surface area contributed by atoms with Crippen LogP contribution in [0.4, 0.5) is 18.0 Å². The second-order valence-electron chi connectivity index (χ2n) is 8.75. The third kappa shape index (κ3) is 4.66. The summed E-state index contributed by atoms with van der Waals surface area (Å²) >= 11 is 0. The number of halogens is 3. The van der Waals surface area contributed by atoms with Gasteiger partial charge in [0.05, 0.1) is 5.56 Å². The SMILES string of the molecule is Cc1ccc(C(F)(F)F)cc1C(=O)C1CC2CCCC(C1)N2C(=O)OCc1ccccc1. The molecule has 4 rings (SSSR count). The fourth-order valence-corrected chi connectivity index (χ4v) is 4.97. The minimum atomic E-state index is -4.49. The first-order valence-corrected chi connectivity index (χ1v) is 10.9. The highest BCUT2D eigenvalue weighted by Crippen LogP contribution is 2.40. The molecule has 2 heterocycles. The maximum atomic E-state index is 13.2. The number of hydrogen-bond donors (Lipinski definition) is 0. The summed E-state index contributed by atoms with van der Waals surface area (Å²) in [6, 6.07) is 12.5. The van der Waals surface area contributed by atoms with Crippen molar-refractivity contribution in [2.75, 3.05) is 0 Å². The van der Waals surface area contributed by atoms with Crippen molar-refractivity contribution in [3.8, 4) is 0 Å². The van der Waals surface area contributed by atoms with Crippen LogP contribution >= 0.6 is 0 Å². The first-order valence-electron chi connectivity index (χ1n) is 10.9. The molecule has 7 heteroatoms. The smallest absolute Gasteiger partial charge is 0.416 e. The maximum absolute atomic E-state index is 13.2. The number of ether oxygens (including phenoxy) is 1. The van der Waals surface area contributed by atoms with Crippen LogP contribution in [0.1, 0.15) is 59.2 Å². The summed E-state index contributed by atoms with van der Waals surface area (Å²) in [4.78, 5) is 27.8. The van der Waals surface area contributed by atoms with E-state index in [4.69, 9.17) is 4.74 Å². The zero-order chi connectivity index (χ0) is 22.9. The normalized spacial score (nSPS) is 23.0. The number of alkyl halides is 3. The first kappa shape index (κ1) is 22.4. The number of piperidine rings is 2. The molecule has 2 aliphatic heterocycles. The highest BCUT2D eigenvalue weighted by atomic mass is 19.4. The summed E-state index contributed by atoms with van der Waals surface area (Å²) in [5.74, 6) is -0.659. The Balaban J connectivity index is 1.47. The van der Waals surface area contributed by atoms with Crippen LogP contribution in [0.2, 0.25) is 0 Å². The topological polar surface area (TPSA) is 46.6 Å². The number of ketones is 1. The molecule has 2 unspecified atom stereocenters.